The number of amides is 1. The van der Waals surface area contributed by atoms with Crippen LogP contribution in [0.4, 0.5) is 5.69 Å². The molecule has 7 heteroatoms. The minimum atomic E-state index is 0.00774. The Morgan fingerprint density at radius 1 is 1.28 bits per heavy atom. The zero-order chi connectivity index (χ0) is 18.2. The molecule has 0 radical (unpaired) electrons. The van der Waals surface area contributed by atoms with E-state index in [2.05, 4.69) is 33.1 Å². The van der Waals surface area contributed by atoms with Crippen LogP contribution >= 0.6 is 11.6 Å². The van der Waals surface area contributed by atoms with Gasteiger partial charge in [-0.2, -0.15) is 0 Å². The van der Waals surface area contributed by atoms with Crippen molar-refractivity contribution in [3.05, 3.63) is 29.3 Å². The summed E-state index contributed by atoms with van der Waals surface area (Å²) < 4.78 is 0. The van der Waals surface area contributed by atoms with Gasteiger partial charge in [0.05, 0.1) is 0 Å². The van der Waals surface area contributed by atoms with Gasteiger partial charge in [-0.1, -0.05) is 24.6 Å². The van der Waals surface area contributed by atoms with Gasteiger partial charge in [0.2, 0.25) is 5.91 Å². The number of halogens is 1. The normalized spacial score (nSPS) is 15.3. The topological polar surface area (TPSA) is 51.2 Å². The van der Waals surface area contributed by atoms with Crippen LogP contribution in [-0.2, 0) is 4.79 Å². The van der Waals surface area contributed by atoms with E-state index < -0.39 is 0 Å². The van der Waals surface area contributed by atoms with Gasteiger partial charge in [0.1, 0.15) is 6.54 Å². The van der Waals surface area contributed by atoms with Crippen molar-refractivity contribution in [1.29, 1.82) is 0 Å². The fraction of sp³-hybridized carbons (Fsp3) is 0.556. The van der Waals surface area contributed by atoms with Crippen molar-refractivity contribution < 1.29 is 4.79 Å². The number of carbonyl (C=O) groups excluding carboxylic acids is 1. The van der Waals surface area contributed by atoms with Crippen LogP contribution in [0.15, 0.2) is 29.3 Å². The summed E-state index contributed by atoms with van der Waals surface area (Å²) in [6.45, 7) is 6.66. The van der Waals surface area contributed by atoms with E-state index in [4.69, 9.17) is 11.6 Å². The van der Waals surface area contributed by atoms with Crippen LogP contribution < -0.4 is 10.2 Å². The van der Waals surface area contributed by atoms with Crippen LogP contribution in [0.1, 0.15) is 13.3 Å². The Kier molecular flexibility index (Phi) is 7.37. The highest BCUT2D eigenvalue weighted by atomic mass is 35.5. The molecule has 6 nitrogen and oxygen atoms in total. The van der Waals surface area contributed by atoms with Crippen molar-refractivity contribution in [3.8, 4) is 0 Å². The molecule has 0 bridgehead atoms. The van der Waals surface area contributed by atoms with Gasteiger partial charge in [-0.25, -0.2) is 4.99 Å². The number of aliphatic imine (C=N–C) groups is 1. The average molecular weight is 366 g/mol. The standard InChI is InChI=1S/C18H28ClN5O/c1-4-8-20-18(21-14-17(25)22(2)3)24-11-9-23(10-12-24)16-7-5-6-15(19)13-16/h5-7,13H,4,8-12,14H2,1-3H3,(H,20,21). The number of hydrogen-bond acceptors (Lipinski definition) is 3. The third-order valence-corrected chi connectivity index (χ3v) is 4.38. The van der Waals surface area contributed by atoms with Crippen molar-refractivity contribution in [2.75, 3.05) is 58.3 Å². The molecule has 0 aromatic heterocycles. The van der Waals surface area contributed by atoms with Gasteiger partial charge in [0.25, 0.3) is 0 Å². The maximum absolute atomic E-state index is 11.8. The number of benzene rings is 1. The molecule has 1 aromatic rings. The molecule has 2 rings (SSSR count). The summed E-state index contributed by atoms with van der Waals surface area (Å²) in [6, 6.07) is 7.95. The Morgan fingerprint density at radius 3 is 2.60 bits per heavy atom. The second-order valence-corrected chi connectivity index (χ2v) is 6.75. The lowest BCUT2D eigenvalue weighted by atomic mass is 10.2. The number of rotatable bonds is 5. The molecular weight excluding hydrogens is 338 g/mol. The maximum atomic E-state index is 11.8. The lowest BCUT2D eigenvalue weighted by Gasteiger charge is -2.37. The molecule has 0 aliphatic carbocycles. The molecule has 138 valence electrons. The summed E-state index contributed by atoms with van der Waals surface area (Å²) in [4.78, 5) is 22.5. The Bertz CT molecular complexity index is 597. The highest BCUT2D eigenvalue weighted by Crippen LogP contribution is 2.20. The van der Waals surface area contributed by atoms with E-state index in [9.17, 15) is 4.79 Å². The number of hydrogen-bond donors (Lipinski definition) is 1. The SMILES string of the molecule is CCCNC(=NCC(=O)N(C)C)N1CCN(c2cccc(Cl)c2)CC1. The number of guanidine groups is 1. The Hall–Kier alpha value is -1.95. The monoisotopic (exact) mass is 365 g/mol. The smallest absolute Gasteiger partial charge is 0.243 e. The predicted molar refractivity (Wildman–Crippen MR) is 105 cm³/mol. The van der Waals surface area contributed by atoms with Gasteiger partial charge in [0, 0.05) is 57.5 Å². The minimum Gasteiger partial charge on any atom is -0.368 e. The van der Waals surface area contributed by atoms with Crippen molar-refractivity contribution in [1.82, 2.24) is 15.1 Å². The zero-order valence-electron chi connectivity index (χ0n) is 15.3. The Morgan fingerprint density at radius 2 is 2.00 bits per heavy atom. The van der Waals surface area contributed by atoms with Crippen LogP contribution in [0.25, 0.3) is 0 Å². The van der Waals surface area contributed by atoms with E-state index in [0.29, 0.717) is 0 Å². The molecule has 0 unspecified atom stereocenters. The molecule has 1 saturated heterocycles. The minimum absolute atomic E-state index is 0.00774. The molecule has 0 atom stereocenters. The van der Waals surface area contributed by atoms with Crippen molar-refractivity contribution in [2.24, 2.45) is 4.99 Å². The quantitative estimate of drug-likeness (QED) is 0.639. The average Bonchev–Trinajstić information content (AvgIpc) is 2.61. The first-order chi connectivity index (χ1) is 12.0. The third kappa shape index (κ3) is 5.81. The zero-order valence-corrected chi connectivity index (χ0v) is 16.1. The van der Waals surface area contributed by atoms with Crippen LogP contribution in [0.3, 0.4) is 0 Å². The first-order valence-electron chi connectivity index (χ1n) is 8.75. The molecule has 0 saturated carbocycles. The van der Waals surface area contributed by atoms with Crippen LogP contribution in [0.2, 0.25) is 5.02 Å². The van der Waals surface area contributed by atoms with Crippen LogP contribution in [0, 0.1) is 0 Å². The van der Waals surface area contributed by atoms with Gasteiger partial charge in [-0.3, -0.25) is 4.79 Å². The number of carbonyl (C=O) groups is 1. The number of piperazine rings is 1. The molecule has 1 amide bonds. The summed E-state index contributed by atoms with van der Waals surface area (Å²) in [5.74, 6) is 0.830. The van der Waals surface area contributed by atoms with Crippen LogP contribution in [0.5, 0.6) is 0 Å². The summed E-state index contributed by atoms with van der Waals surface area (Å²) in [7, 11) is 3.50. The molecule has 1 aromatic carbocycles. The lowest BCUT2D eigenvalue weighted by Crippen LogP contribution is -2.53. The highest BCUT2D eigenvalue weighted by molar-refractivity contribution is 6.30. The van der Waals surface area contributed by atoms with Gasteiger partial charge in [-0.15, -0.1) is 0 Å². The van der Waals surface area contributed by atoms with Gasteiger partial charge in [-0.05, 0) is 24.6 Å². The van der Waals surface area contributed by atoms with E-state index in [0.717, 1.165) is 55.8 Å². The van der Waals surface area contributed by atoms with Gasteiger partial charge in [0.15, 0.2) is 5.96 Å². The van der Waals surface area contributed by atoms with Crippen LogP contribution in [-0.4, -0.2) is 75.0 Å². The predicted octanol–water partition coefficient (Wildman–Crippen LogP) is 1.91. The van der Waals surface area contributed by atoms with E-state index in [1.165, 1.54) is 0 Å². The lowest BCUT2D eigenvalue weighted by molar-refractivity contribution is -0.127. The van der Waals surface area contributed by atoms with Gasteiger partial charge < -0.3 is 20.0 Å². The maximum Gasteiger partial charge on any atom is 0.243 e. The molecule has 1 aliphatic heterocycles. The van der Waals surface area contributed by atoms with Crippen molar-refractivity contribution in [2.45, 2.75) is 13.3 Å². The molecule has 1 heterocycles. The van der Waals surface area contributed by atoms with E-state index >= 15 is 0 Å². The summed E-state index contributed by atoms with van der Waals surface area (Å²) >= 11 is 6.09. The first kappa shape index (κ1) is 19.4. The summed E-state index contributed by atoms with van der Waals surface area (Å²) in [5, 5.41) is 4.12. The number of nitrogens with zero attached hydrogens (tertiary/aromatic N) is 4. The first-order valence-corrected chi connectivity index (χ1v) is 9.13. The summed E-state index contributed by atoms with van der Waals surface area (Å²) in [5.41, 5.74) is 1.15. The third-order valence-electron chi connectivity index (χ3n) is 4.15. The van der Waals surface area contributed by atoms with Crippen molar-refractivity contribution >= 4 is 29.2 Å². The fourth-order valence-corrected chi connectivity index (χ4v) is 2.82. The second-order valence-electron chi connectivity index (χ2n) is 6.31. The largest absolute Gasteiger partial charge is 0.368 e. The molecular formula is C18H28ClN5O. The number of nitrogens with one attached hydrogen (secondary N) is 1. The van der Waals surface area contributed by atoms with E-state index in [1.807, 2.05) is 18.2 Å². The molecule has 1 aliphatic rings. The Labute approximate surface area is 155 Å². The van der Waals surface area contributed by atoms with Gasteiger partial charge >= 0.3 is 0 Å². The summed E-state index contributed by atoms with van der Waals surface area (Å²) in [6.07, 6.45) is 1.02. The molecule has 25 heavy (non-hydrogen) atoms. The number of anilines is 1. The Balaban J connectivity index is 1.98. The second kappa shape index (κ2) is 9.51. The fourth-order valence-electron chi connectivity index (χ4n) is 2.64. The molecule has 1 fully saturated rings. The number of likely N-dealkylation sites (N-methyl/N-ethyl adjacent to an activating group) is 1. The molecule has 1 N–H and O–H groups in total. The van der Waals surface area contributed by atoms with E-state index in [-0.39, 0.29) is 12.5 Å². The molecule has 0 spiro atoms. The van der Waals surface area contributed by atoms with E-state index in [1.54, 1.807) is 19.0 Å². The van der Waals surface area contributed by atoms with Crippen molar-refractivity contribution in [3.63, 3.8) is 0 Å². The highest BCUT2D eigenvalue weighted by Gasteiger charge is 2.20.